The number of halogens is 1. The molecule has 1 amide bonds. The summed E-state index contributed by atoms with van der Waals surface area (Å²) in [5.41, 5.74) is 1.09. The van der Waals surface area contributed by atoms with Gasteiger partial charge in [-0.15, -0.1) is 24.0 Å². The van der Waals surface area contributed by atoms with Crippen molar-refractivity contribution in [2.45, 2.75) is 25.3 Å². The molecule has 2 fully saturated rings. The van der Waals surface area contributed by atoms with Gasteiger partial charge in [-0.1, -0.05) is 0 Å². The Balaban J connectivity index is 0.00000300. The van der Waals surface area contributed by atoms with E-state index in [4.69, 9.17) is 9.47 Å². The van der Waals surface area contributed by atoms with Crippen LogP contribution in [0, 0.1) is 5.92 Å². The number of rotatable bonds is 8. The van der Waals surface area contributed by atoms with Crippen LogP contribution in [0.4, 0.5) is 5.69 Å². The Kier molecular flexibility index (Phi) is 9.12. The van der Waals surface area contributed by atoms with Crippen molar-refractivity contribution in [2.24, 2.45) is 10.9 Å². The highest BCUT2D eigenvalue weighted by atomic mass is 127. The number of nitrogens with one attached hydrogen (secondary N) is 3. The molecule has 3 N–H and O–H groups in total. The van der Waals surface area contributed by atoms with E-state index < -0.39 is 0 Å². The predicted molar refractivity (Wildman–Crippen MR) is 126 cm³/mol. The topological polar surface area (TPSA) is 87.2 Å². The zero-order valence-electron chi connectivity index (χ0n) is 17.4. The van der Waals surface area contributed by atoms with E-state index in [1.54, 1.807) is 21.3 Å². The minimum atomic E-state index is 0. The maximum Gasteiger partial charge on any atom is 0.223 e. The Morgan fingerprint density at radius 2 is 1.76 bits per heavy atom. The Bertz CT molecular complexity index is 689. The molecule has 1 aromatic rings. The average molecular weight is 517 g/mol. The normalized spacial score (nSPS) is 18.7. The Labute approximate surface area is 189 Å². The zero-order chi connectivity index (χ0) is 19.9. The number of methoxy groups -OCH3 is 2. The molecule has 1 saturated heterocycles. The highest BCUT2D eigenvalue weighted by Crippen LogP contribution is 2.30. The molecule has 0 aromatic heterocycles. The van der Waals surface area contributed by atoms with Crippen LogP contribution < -0.4 is 30.3 Å². The van der Waals surface area contributed by atoms with Crippen LogP contribution >= 0.6 is 24.0 Å². The molecule has 1 aliphatic carbocycles. The van der Waals surface area contributed by atoms with Gasteiger partial charge < -0.3 is 30.3 Å². The second-order valence-electron chi connectivity index (χ2n) is 7.21. The summed E-state index contributed by atoms with van der Waals surface area (Å²) >= 11 is 0. The molecule has 2 aliphatic rings. The van der Waals surface area contributed by atoms with Gasteiger partial charge in [-0.3, -0.25) is 9.79 Å². The fraction of sp³-hybridized carbons (Fsp3) is 0.600. The predicted octanol–water partition coefficient (Wildman–Crippen LogP) is 1.59. The van der Waals surface area contributed by atoms with Crippen molar-refractivity contribution in [1.29, 1.82) is 0 Å². The van der Waals surface area contributed by atoms with Gasteiger partial charge in [-0.25, -0.2) is 0 Å². The molecule has 162 valence electrons. The number of nitrogens with zero attached hydrogens (tertiary/aromatic N) is 2. The van der Waals surface area contributed by atoms with Gasteiger partial charge in [0, 0.05) is 69.1 Å². The summed E-state index contributed by atoms with van der Waals surface area (Å²) in [6, 6.07) is 6.23. The highest BCUT2D eigenvalue weighted by Gasteiger charge is 2.29. The molecule has 0 radical (unpaired) electrons. The lowest BCUT2D eigenvalue weighted by Crippen LogP contribution is -2.46. The molecule has 29 heavy (non-hydrogen) atoms. The lowest BCUT2D eigenvalue weighted by atomic mass is 10.2. The smallest absolute Gasteiger partial charge is 0.223 e. The largest absolute Gasteiger partial charge is 0.497 e. The molecule has 0 bridgehead atoms. The third-order valence-electron chi connectivity index (χ3n) is 5.12. The van der Waals surface area contributed by atoms with Gasteiger partial charge in [-0.05, 0) is 19.3 Å². The van der Waals surface area contributed by atoms with Crippen molar-refractivity contribution in [2.75, 3.05) is 52.3 Å². The van der Waals surface area contributed by atoms with Crippen molar-refractivity contribution in [3.8, 4) is 11.5 Å². The van der Waals surface area contributed by atoms with E-state index in [2.05, 4.69) is 25.8 Å². The monoisotopic (exact) mass is 517 g/mol. The first kappa shape index (κ1) is 23.4. The van der Waals surface area contributed by atoms with Crippen LogP contribution in [0.25, 0.3) is 0 Å². The first-order chi connectivity index (χ1) is 13.6. The van der Waals surface area contributed by atoms with E-state index in [-0.39, 0.29) is 35.8 Å². The fourth-order valence-corrected chi connectivity index (χ4v) is 3.33. The number of hydrogen-bond acceptors (Lipinski definition) is 5. The minimum Gasteiger partial charge on any atom is -0.497 e. The second-order valence-corrected chi connectivity index (χ2v) is 7.21. The summed E-state index contributed by atoms with van der Waals surface area (Å²) in [7, 11) is 5.09. The van der Waals surface area contributed by atoms with E-state index in [0.717, 1.165) is 55.5 Å². The summed E-state index contributed by atoms with van der Waals surface area (Å²) in [6.45, 7) is 3.08. The molecule has 3 rings (SSSR count). The lowest BCUT2D eigenvalue weighted by Gasteiger charge is -2.21. The second kappa shape index (κ2) is 11.3. The maximum atomic E-state index is 11.7. The molecule has 8 nitrogen and oxygen atoms in total. The van der Waals surface area contributed by atoms with E-state index in [0.29, 0.717) is 19.1 Å². The molecule has 1 atom stereocenters. The highest BCUT2D eigenvalue weighted by molar-refractivity contribution is 14.0. The van der Waals surface area contributed by atoms with E-state index in [1.807, 2.05) is 18.2 Å². The SMILES string of the molecule is CN=C(NCCNC(=O)C1CC1)NC1CCN(c2cc(OC)cc(OC)c2)C1.I. The van der Waals surface area contributed by atoms with E-state index in [1.165, 1.54) is 0 Å². The molecular weight excluding hydrogens is 485 g/mol. The van der Waals surface area contributed by atoms with Crippen LogP contribution in [-0.4, -0.2) is 65.4 Å². The molecule has 1 aliphatic heterocycles. The van der Waals surface area contributed by atoms with Gasteiger partial charge in [0.15, 0.2) is 5.96 Å². The van der Waals surface area contributed by atoms with Crippen LogP contribution in [-0.2, 0) is 4.79 Å². The number of amides is 1. The molecule has 1 aromatic carbocycles. The van der Waals surface area contributed by atoms with Crippen molar-refractivity contribution in [3.05, 3.63) is 18.2 Å². The zero-order valence-corrected chi connectivity index (χ0v) is 19.7. The third-order valence-corrected chi connectivity index (χ3v) is 5.12. The van der Waals surface area contributed by atoms with E-state index in [9.17, 15) is 4.79 Å². The summed E-state index contributed by atoms with van der Waals surface area (Å²) in [4.78, 5) is 18.3. The number of carbonyl (C=O) groups is 1. The molecule has 9 heteroatoms. The summed E-state index contributed by atoms with van der Waals surface area (Å²) < 4.78 is 10.7. The minimum absolute atomic E-state index is 0. The first-order valence-electron chi connectivity index (χ1n) is 9.86. The van der Waals surface area contributed by atoms with Crippen molar-refractivity contribution in [1.82, 2.24) is 16.0 Å². The van der Waals surface area contributed by atoms with Gasteiger partial charge in [0.2, 0.25) is 5.91 Å². The molecule has 1 saturated carbocycles. The maximum absolute atomic E-state index is 11.7. The van der Waals surface area contributed by atoms with Crippen LogP contribution in [0.2, 0.25) is 0 Å². The van der Waals surface area contributed by atoms with Crippen LogP contribution in [0.15, 0.2) is 23.2 Å². The molecule has 0 spiro atoms. The van der Waals surface area contributed by atoms with Gasteiger partial charge in [0.1, 0.15) is 11.5 Å². The van der Waals surface area contributed by atoms with Crippen molar-refractivity contribution >= 4 is 41.5 Å². The van der Waals surface area contributed by atoms with Crippen molar-refractivity contribution < 1.29 is 14.3 Å². The number of anilines is 1. The number of ether oxygens (including phenoxy) is 2. The van der Waals surface area contributed by atoms with Crippen LogP contribution in [0.1, 0.15) is 19.3 Å². The van der Waals surface area contributed by atoms with Gasteiger partial charge >= 0.3 is 0 Å². The average Bonchev–Trinajstić information content (AvgIpc) is 3.48. The quantitative estimate of drug-likeness (QED) is 0.210. The number of carbonyl (C=O) groups excluding carboxylic acids is 1. The Hall–Kier alpha value is -1.91. The van der Waals surface area contributed by atoms with Crippen LogP contribution in [0.3, 0.4) is 0 Å². The standard InChI is InChI=1S/C20H31N5O3.HI/c1-21-20(23-8-7-22-19(26)14-4-5-14)24-15-6-9-25(13-15)16-10-17(27-2)12-18(11-16)28-3;/h10-12,14-15H,4-9,13H2,1-3H3,(H,22,26)(H2,21,23,24);1H. The Morgan fingerprint density at radius 1 is 1.10 bits per heavy atom. The van der Waals surface area contributed by atoms with Crippen molar-refractivity contribution in [3.63, 3.8) is 0 Å². The number of hydrogen-bond donors (Lipinski definition) is 3. The number of aliphatic imine (C=N–C) groups is 1. The third kappa shape index (κ3) is 6.83. The molecule has 1 heterocycles. The number of benzene rings is 1. The van der Waals surface area contributed by atoms with Crippen LogP contribution in [0.5, 0.6) is 11.5 Å². The molecular formula is C20H32IN5O3. The first-order valence-corrected chi connectivity index (χ1v) is 9.86. The summed E-state index contributed by atoms with van der Waals surface area (Å²) in [6.07, 6.45) is 3.07. The molecule has 1 unspecified atom stereocenters. The van der Waals surface area contributed by atoms with Gasteiger partial charge in [0.05, 0.1) is 14.2 Å². The van der Waals surface area contributed by atoms with Gasteiger partial charge in [-0.2, -0.15) is 0 Å². The summed E-state index contributed by atoms with van der Waals surface area (Å²) in [5.74, 6) is 2.76. The van der Waals surface area contributed by atoms with Gasteiger partial charge in [0.25, 0.3) is 0 Å². The Morgan fingerprint density at radius 3 is 2.34 bits per heavy atom. The number of guanidine groups is 1. The fourth-order valence-electron chi connectivity index (χ4n) is 3.33. The summed E-state index contributed by atoms with van der Waals surface area (Å²) in [5, 5.41) is 9.69. The van der Waals surface area contributed by atoms with E-state index >= 15 is 0 Å². The lowest BCUT2D eigenvalue weighted by molar-refractivity contribution is -0.122.